The van der Waals surface area contributed by atoms with Crippen LogP contribution in [0.5, 0.6) is 0 Å². The van der Waals surface area contributed by atoms with Crippen molar-refractivity contribution >= 4 is 0 Å². The van der Waals surface area contributed by atoms with Crippen LogP contribution < -0.4 is 0 Å². The topological polar surface area (TPSA) is 0 Å². The number of allylic oxidation sites excluding steroid dienone is 2. The molecule has 0 aromatic heterocycles. The van der Waals surface area contributed by atoms with Gasteiger partial charge < -0.3 is 0 Å². The monoisotopic (exact) mass is 150 g/mol. The molecule has 1 fully saturated rings. The first-order valence-electron chi connectivity index (χ1n) is 4.84. The van der Waals surface area contributed by atoms with E-state index in [9.17, 15) is 0 Å². The van der Waals surface area contributed by atoms with Crippen molar-refractivity contribution in [3.05, 3.63) is 11.6 Å². The lowest BCUT2D eigenvalue weighted by atomic mass is 9.50. The van der Waals surface area contributed by atoms with Gasteiger partial charge >= 0.3 is 0 Å². The Bertz CT molecular complexity index is 198. The first kappa shape index (κ1) is 7.39. The number of rotatable bonds is 1. The fraction of sp³-hybridized carbons (Fsp3) is 0.818. The molecule has 3 rings (SSSR count). The van der Waals surface area contributed by atoms with Gasteiger partial charge in [0.05, 0.1) is 0 Å². The second-order valence-corrected chi connectivity index (χ2v) is 4.74. The van der Waals surface area contributed by atoms with E-state index in [1.54, 1.807) is 5.57 Å². The van der Waals surface area contributed by atoms with Crippen molar-refractivity contribution in [3.8, 4) is 0 Å². The third-order valence-corrected chi connectivity index (χ3v) is 3.95. The maximum absolute atomic E-state index is 2.54. The van der Waals surface area contributed by atoms with Gasteiger partial charge in [-0.05, 0) is 36.5 Å². The summed E-state index contributed by atoms with van der Waals surface area (Å²) in [4.78, 5) is 0. The van der Waals surface area contributed by atoms with E-state index in [1.807, 2.05) is 0 Å². The van der Waals surface area contributed by atoms with Crippen LogP contribution in [0.2, 0.25) is 0 Å². The van der Waals surface area contributed by atoms with Crippen molar-refractivity contribution < 1.29 is 0 Å². The van der Waals surface area contributed by atoms with Gasteiger partial charge in [0.25, 0.3) is 0 Å². The summed E-state index contributed by atoms with van der Waals surface area (Å²) in [7, 11) is 0. The smallest absolute Gasteiger partial charge is 0.0174 e. The minimum Gasteiger partial charge on any atom is -0.0817 e. The Labute approximate surface area is 69.7 Å². The Balaban J connectivity index is 2.19. The molecule has 0 saturated heterocycles. The Morgan fingerprint density at radius 3 is 2.64 bits per heavy atom. The van der Waals surface area contributed by atoms with Gasteiger partial charge in [-0.2, -0.15) is 0 Å². The molecule has 0 amide bonds. The highest BCUT2D eigenvalue weighted by Crippen LogP contribution is 2.58. The molecule has 0 radical (unpaired) electrons. The third-order valence-electron chi connectivity index (χ3n) is 3.95. The predicted octanol–water partition coefficient (Wildman–Crippen LogP) is 3.39. The van der Waals surface area contributed by atoms with E-state index >= 15 is 0 Å². The van der Waals surface area contributed by atoms with Crippen LogP contribution in [0.1, 0.15) is 40.0 Å². The van der Waals surface area contributed by atoms with Crippen LogP contribution in [0.15, 0.2) is 11.6 Å². The van der Waals surface area contributed by atoms with Gasteiger partial charge in [0.2, 0.25) is 0 Å². The van der Waals surface area contributed by atoms with Crippen molar-refractivity contribution in [1.29, 1.82) is 0 Å². The Kier molecular flexibility index (Phi) is 1.42. The summed E-state index contributed by atoms with van der Waals surface area (Å²) in [5, 5.41) is 0. The molecule has 0 aromatic rings. The maximum Gasteiger partial charge on any atom is -0.0174 e. The molecule has 0 aromatic carbocycles. The van der Waals surface area contributed by atoms with Gasteiger partial charge in [-0.25, -0.2) is 0 Å². The van der Waals surface area contributed by atoms with Crippen molar-refractivity contribution in [2.24, 2.45) is 17.3 Å². The van der Waals surface area contributed by atoms with E-state index in [4.69, 9.17) is 0 Å². The predicted molar refractivity (Wildman–Crippen MR) is 48.4 cm³/mol. The summed E-state index contributed by atoms with van der Waals surface area (Å²) in [6.45, 7) is 7.13. The molecular weight excluding hydrogens is 132 g/mol. The molecule has 0 N–H and O–H groups in total. The van der Waals surface area contributed by atoms with Crippen LogP contribution in [0, 0.1) is 17.3 Å². The first-order valence-corrected chi connectivity index (χ1v) is 4.84. The molecule has 3 aliphatic carbocycles. The van der Waals surface area contributed by atoms with E-state index in [0.29, 0.717) is 5.41 Å². The van der Waals surface area contributed by atoms with Gasteiger partial charge in [0.15, 0.2) is 0 Å². The average molecular weight is 150 g/mol. The van der Waals surface area contributed by atoms with Crippen molar-refractivity contribution in [2.45, 2.75) is 40.0 Å². The minimum absolute atomic E-state index is 0.638. The second-order valence-electron chi connectivity index (χ2n) is 4.74. The Morgan fingerprint density at radius 1 is 1.55 bits per heavy atom. The van der Waals surface area contributed by atoms with Crippen molar-refractivity contribution in [2.75, 3.05) is 0 Å². The molecule has 0 heteroatoms. The summed E-state index contributed by atoms with van der Waals surface area (Å²) in [5.74, 6) is 1.92. The van der Waals surface area contributed by atoms with E-state index in [2.05, 4.69) is 26.8 Å². The number of hydrogen-bond acceptors (Lipinski definition) is 0. The lowest BCUT2D eigenvalue weighted by Crippen LogP contribution is -2.46. The van der Waals surface area contributed by atoms with Gasteiger partial charge in [0.1, 0.15) is 0 Å². The van der Waals surface area contributed by atoms with E-state index in [-0.39, 0.29) is 0 Å². The average Bonchev–Trinajstić information content (AvgIpc) is 2.04. The highest BCUT2D eigenvalue weighted by molar-refractivity contribution is 5.20. The summed E-state index contributed by atoms with van der Waals surface area (Å²) in [5.41, 5.74) is 2.35. The quantitative estimate of drug-likeness (QED) is 0.503. The molecule has 0 heterocycles. The largest absolute Gasteiger partial charge is 0.0817 e. The van der Waals surface area contributed by atoms with Crippen molar-refractivity contribution in [1.82, 2.24) is 0 Å². The SMILES string of the molecule is CCC1=CC2CC(C1)C2(C)C. The maximum atomic E-state index is 2.54. The molecule has 2 bridgehead atoms. The molecular formula is C11H18. The molecule has 3 aliphatic rings. The van der Waals surface area contributed by atoms with Crippen LogP contribution in [0.3, 0.4) is 0 Å². The van der Waals surface area contributed by atoms with Crippen LogP contribution in [-0.2, 0) is 0 Å². The van der Waals surface area contributed by atoms with Crippen LogP contribution >= 0.6 is 0 Å². The zero-order valence-electron chi connectivity index (χ0n) is 7.85. The first-order chi connectivity index (χ1) is 5.14. The molecule has 0 aliphatic heterocycles. The molecule has 0 nitrogen and oxygen atoms in total. The number of hydrogen-bond donors (Lipinski definition) is 0. The summed E-state index contributed by atoms with van der Waals surface area (Å²) in [6.07, 6.45) is 6.68. The zero-order chi connectivity index (χ0) is 8.06. The van der Waals surface area contributed by atoms with Crippen LogP contribution in [0.4, 0.5) is 0 Å². The van der Waals surface area contributed by atoms with E-state index in [0.717, 1.165) is 11.8 Å². The van der Waals surface area contributed by atoms with Crippen LogP contribution in [0.25, 0.3) is 0 Å². The van der Waals surface area contributed by atoms with E-state index < -0.39 is 0 Å². The van der Waals surface area contributed by atoms with Gasteiger partial charge in [0, 0.05) is 0 Å². The number of fused-ring (bicyclic) bond motifs is 1. The zero-order valence-corrected chi connectivity index (χ0v) is 7.85. The lowest BCUT2D eigenvalue weighted by molar-refractivity contribution is -0.00151. The standard InChI is InChI=1S/C11H18/c1-4-8-5-9-7-10(6-8)11(9,2)3/h5,9-10H,4,6-7H2,1-3H3. The summed E-state index contributed by atoms with van der Waals surface area (Å²) >= 11 is 0. The molecule has 2 atom stereocenters. The molecule has 11 heavy (non-hydrogen) atoms. The van der Waals surface area contributed by atoms with E-state index in [1.165, 1.54) is 19.3 Å². The van der Waals surface area contributed by atoms with Gasteiger partial charge in [-0.3, -0.25) is 0 Å². The van der Waals surface area contributed by atoms with Crippen molar-refractivity contribution in [3.63, 3.8) is 0 Å². The fourth-order valence-corrected chi connectivity index (χ4v) is 2.62. The molecule has 1 saturated carbocycles. The molecule has 2 unspecified atom stereocenters. The highest BCUT2D eigenvalue weighted by atomic mass is 14.5. The Hall–Kier alpha value is -0.260. The molecule has 62 valence electrons. The summed E-state index contributed by atoms with van der Waals surface area (Å²) in [6, 6.07) is 0. The normalized spacial score (nSPS) is 39.4. The summed E-state index contributed by atoms with van der Waals surface area (Å²) < 4.78 is 0. The third kappa shape index (κ3) is 0.881. The highest BCUT2D eigenvalue weighted by Gasteiger charge is 2.49. The second kappa shape index (κ2) is 2.12. The van der Waals surface area contributed by atoms with Crippen LogP contribution in [-0.4, -0.2) is 0 Å². The van der Waals surface area contributed by atoms with Gasteiger partial charge in [-0.1, -0.05) is 32.4 Å². The fourth-order valence-electron chi connectivity index (χ4n) is 2.62. The minimum atomic E-state index is 0.638. The lowest BCUT2D eigenvalue weighted by Gasteiger charge is -2.55. The van der Waals surface area contributed by atoms with Gasteiger partial charge in [-0.15, -0.1) is 0 Å². The Morgan fingerprint density at radius 2 is 2.27 bits per heavy atom. The molecule has 0 spiro atoms.